The van der Waals surface area contributed by atoms with E-state index in [1.54, 1.807) is 0 Å². The largest absolute Gasteiger partial charge is 0.462 e. The summed E-state index contributed by atoms with van der Waals surface area (Å²) in [5.74, 6) is -0.234. The molecule has 328 valence electrons. The van der Waals surface area contributed by atoms with Crippen molar-refractivity contribution in [2.75, 3.05) is 33.3 Å². The molecule has 0 aromatic carbocycles. The van der Waals surface area contributed by atoms with Crippen molar-refractivity contribution in [3.63, 3.8) is 0 Å². The molecular formula is C47H94N2O6. The molecule has 0 saturated heterocycles. The molecule has 0 aromatic heterocycles. The summed E-state index contributed by atoms with van der Waals surface area (Å²) < 4.78 is 11.7. The Bertz CT molecular complexity index is 796. The topological polar surface area (TPSA) is 99.5 Å². The Morgan fingerprint density at radius 1 is 0.491 bits per heavy atom. The van der Waals surface area contributed by atoms with Gasteiger partial charge in [-0.2, -0.15) is 0 Å². The standard InChI is InChI=1S/C47H94N2O6/c1-5-8-11-14-17-26-33-43-54-46(51)38-29-22-18-24-31-40-49(42-34-37-45(50)48(4)53)41-32-25-19-23-30-39-47(52)55-44(35-27-20-15-12-9-6-2)36-28-21-16-13-10-7-3/h44,46,51,53H,5-43H2,1-4H3. The van der Waals surface area contributed by atoms with E-state index < -0.39 is 6.29 Å². The maximum atomic E-state index is 12.8. The molecule has 1 unspecified atom stereocenters. The van der Waals surface area contributed by atoms with Crippen LogP contribution >= 0.6 is 0 Å². The SMILES string of the molecule is CCCCCCCCCOC(O)CCCCCCCN(CCCCCCCC(=O)OC(CCCCCCCC)CCCCCCCC)CCCC(=O)N(C)O. The van der Waals surface area contributed by atoms with Gasteiger partial charge in [0, 0.05) is 26.5 Å². The zero-order valence-electron chi connectivity index (χ0n) is 37.2. The lowest BCUT2D eigenvalue weighted by atomic mass is 10.0. The van der Waals surface area contributed by atoms with E-state index in [-0.39, 0.29) is 18.0 Å². The van der Waals surface area contributed by atoms with E-state index >= 15 is 0 Å². The molecule has 8 heteroatoms. The summed E-state index contributed by atoms with van der Waals surface area (Å²) >= 11 is 0. The Hall–Kier alpha value is -1.22. The van der Waals surface area contributed by atoms with Crippen LogP contribution in [-0.4, -0.2) is 77.8 Å². The van der Waals surface area contributed by atoms with Gasteiger partial charge in [0.25, 0.3) is 0 Å². The minimum Gasteiger partial charge on any atom is -0.462 e. The van der Waals surface area contributed by atoms with Crippen LogP contribution in [0.3, 0.4) is 0 Å². The van der Waals surface area contributed by atoms with Crippen molar-refractivity contribution in [3.8, 4) is 0 Å². The summed E-state index contributed by atoms with van der Waals surface area (Å²) in [6, 6.07) is 0. The van der Waals surface area contributed by atoms with Crippen molar-refractivity contribution in [3.05, 3.63) is 0 Å². The van der Waals surface area contributed by atoms with Crippen LogP contribution in [0.2, 0.25) is 0 Å². The molecule has 0 heterocycles. The number of hydrogen-bond acceptors (Lipinski definition) is 7. The Labute approximate surface area is 341 Å². The number of ether oxygens (including phenoxy) is 2. The fraction of sp³-hybridized carbons (Fsp3) is 0.957. The highest BCUT2D eigenvalue weighted by Gasteiger charge is 2.15. The van der Waals surface area contributed by atoms with Gasteiger partial charge in [0.1, 0.15) is 6.10 Å². The lowest BCUT2D eigenvalue weighted by Gasteiger charge is -2.22. The first-order valence-electron chi connectivity index (χ1n) is 24.0. The number of hydrogen-bond donors (Lipinski definition) is 2. The van der Waals surface area contributed by atoms with Crippen LogP contribution in [0, 0.1) is 0 Å². The van der Waals surface area contributed by atoms with Crippen LogP contribution in [-0.2, 0) is 19.1 Å². The molecule has 0 bridgehead atoms. The monoisotopic (exact) mass is 783 g/mol. The molecule has 55 heavy (non-hydrogen) atoms. The van der Waals surface area contributed by atoms with Gasteiger partial charge in [-0.05, 0) is 90.3 Å². The summed E-state index contributed by atoms with van der Waals surface area (Å²) in [5, 5.41) is 20.3. The number of rotatable bonds is 44. The van der Waals surface area contributed by atoms with E-state index in [0.29, 0.717) is 24.5 Å². The highest BCUT2D eigenvalue weighted by atomic mass is 16.6. The molecule has 0 rings (SSSR count). The number of esters is 1. The van der Waals surface area contributed by atoms with Gasteiger partial charge in [0.15, 0.2) is 6.29 Å². The van der Waals surface area contributed by atoms with Crippen LogP contribution < -0.4 is 0 Å². The summed E-state index contributed by atoms with van der Waals surface area (Å²) in [6.07, 6.45) is 38.9. The Kier molecular flexibility index (Phi) is 41.4. The van der Waals surface area contributed by atoms with Gasteiger partial charge < -0.3 is 19.5 Å². The van der Waals surface area contributed by atoms with E-state index in [1.807, 2.05) is 0 Å². The molecule has 0 aliphatic rings. The molecule has 1 amide bonds. The molecule has 0 aromatic rings. The number of carbonyl (C=O) groups is 2. The first-order chi connectivity index (χ1) is 26.8. The maximum Gasteiger partial charge on any atom is 0.306 e. The fourth-order valence-corrected chi connectivity index (χ4v) is 7.44. The zero-order chi connectivity index (χ0) is 40.5. The smallest absolute Gasteiger partial charge is 0.306 e. The van der Waals surface area contributed by atoms with Crippen molar-refractivity contribution >= 4 is 11.9 Å². The molecule has 2 N–H and O–H groups in total. The van der Waals surface area contributed by atoms with Gasteiger partial charge in [-0.3, -0.25) is 14.8 Å². The normalized spacial score (nSPS) is 12.2. The van der Waals surface area contributed by atoms with Gasteiger partial charge in [0.2, 0.25) is 5.91 Å². The quantitative estimate of drug-likeness (QED) is 0.0209. The predicted octanol–water partition coefficient (Wildman–Crippen LogP) is 13.1. The van der Waals surface area contributed by atoms with E-state index in [1.165, 1.54) is 129 Å². The summed E-state index contributed by atoms with van der Waals surface area (Å²) in [7, 11) is 1.40. The van der Waals surface area contributed by atoms with E-state index in [9.17, 15) is 19.9 Å². The Morgan fingerprint density at radius 2 is 0.891 bits per heavy atom. The average Bonchev–Trinajstić information content (AvgIpc) is 3.17. The third kappa shape index (κ3) is 39.4. The van der Waals surface area contributed by atoms with E-state index in [4.69, 9.17) is 9.47 Å². The highest BCUT2D eigenvalue weighted by molar-refractivity contribution is 5.74. The predicted molar refractivity (Wildman–Crippen MR) is 231 cm³/mol. The maximum absolute atomic E-state index is 12.8. The third-order valence-corrected chi connectivity index (χ3v) is 11.1. The van der Waals surface area contributed by atoms with Crippen LogP contribution in [0.5, 0.6) is 0 Å². The minimum atomic E-state index is -0.628. The number of hydroxylamine groups is 2. The summed E-state index contributed by atoms with van der Waals surface area (Å²) in [5.41, 5.74) is 0. The highest BCUT2D eigenvalue weighted by Crippen LogP contribution is 2.19. The van der Waals surface area contributed by atoms with Gasteiger partial charge in [-0.1, -0.05) is 162 Å². The van der Waals surface area contributed by atoms with Crippen molar-refractivity contribution in [2.45, 2.75) is 258 Å². The average molecular weight is 783 g/mol. The molecule has 1 atom stereocenters. The lowest BCUT2D eigenvalue weighted by Crippen LogP contribution is -2.29. The lowest BCUT2D eigenvalue weighted by molar-refractivity contribution is -0.159. The second kappa shape index (κ2) is 42.4. The van der Waals surface area contributed by atoms with Crippen molar-refractivity contribution < 1.29 is 29.4 Å². The summed E-state index contributed by atoms with van der Waals surface area (Å²) in [6.45, 7) is 10.3. The van der Waals surface area contributed by atoms with Gasteiger partial charge in [0.05, 0.1) is 0 Å². The molecule has 0 aliphatic carbocycles. The number of nitrogens with zero attached hydrogens (tertiary/aromatic N) is 2. The van der Waals surface area contributed by atoms with Crippen LogP contribution in [0.15, 0.2) is 0 Å². The third-order valence-electron chi connectivity index (χ3n) is 11.1. The first kappa shape index (κ1) is 53.8. The Morgan fingerprint density at radius 3 is 1.38 bits per heavy atom. The van der Waals surface area contributed by atoms with Gasteiger partial charge >= 0.3 is 5.97 Å². The Balaban J connectivity index is 4.31. The van der Waals surface area contributed by atoms with Gasteiger partial charge in [-0.15, -0.1) is 0 Å². The van der Waals surface area contributed by atoms with Crippen molar-refractivity contribution in [1.82, 2.24) is 9.96 Å². The molecular weight excluding hydrogens is 689 g/mol. The van der Waals surface area contributed by atoms with Crippen molar-refractivity contribution in [2.24, 2.45) is 0 Å². The number of unbranched alkanes of at least 4 members (excludes halogenated alkanes) is 24. The van der Waals surface area contributed by atoms with E-state index in [2.05, 4.69) is 25.7 Å². The molecule has 0 radical (unpaired) electrons. The molecule has 0 fully saturated rings. The number of carbonyl (C=O) groups excluding carboxylic acids is 2. The van der Waals surface area contributed by atoms with Crippen molar-refractivity contribution in [1.29, 1.82) is 0 Å². The van der Waals surface area contributed by atoms with Crippen LogP contribution in [0.4, 0.5) is 0 Å². The zero-order valence-corrected chi connectivity index (χ0v) is 37.2. The molecule has 0 spiro atoms. The first-order valence-corrected chi connectivity index (χ1v) is 24.0. The number of aliphatic hydroxyl groups excluding tert-OH is 1. The molecule has 0 aliphatic heterocycles. The van der Waals surface area contributed by atoms with E-state index in [0.717, 1.165) is 110 Å². The fourth-order valence-electron chi connectivity index (χ4n) is 7.44. The minimum absolute atomic E-state index is 0.000438. The number of amides is 1. The summed E-state index contributed by atoms with van der Waals surface area (Å²) in [4.78, 5) is 27.2. The second-order valence-electron chi connectivity index (χ2n) is 16.6. The van der Waals surface area contributed by atoms with Crippen LogP contribution in [0.1, 0.15) is 245 Å². The molecule has 8 nitrogen and oxygen atoms in total. The van der Waals surface area contributed by atoms with Crippen LogP contribution in [0.25, 0.3) is 0 Å². The molecule has 0 saturated carbocycles. The second-order valence-corrected chi connectivity index (χ2v) is 16.6. The number of aliphatic hydroxyl groups is 1. The van der Waals surface area contributed by atoms with Gasteiger partial charge in [-0.25, -0.2) is 5.06 Å².